The zero-order valence-electron chi connectivity index (χ0n) is 11.4. The van der Waals surface area contributed by atoms with Gasteiger partial charge in [-0.15, -0.1) is 0 Å². The number of amidine groups is 1. The van der Waals surface area contributed by atoms with Gasteiger partial charge in [-0.2, -0.15) is 5.10 Å². The summed E-state index contributed by atoms with van der Waals surface area (Å²) < 4.78 is -0.287. The molecule has 0 radical (unpaired) electrons. The van der Waals surface area contributed by atoms with Crippen LogP contribution in [-0.2, 0) is 4.79 Å². The number of hydrogen-bond acceptors (Lipinski definition) is 4. The maximum atomic E-state index is 12.0. The van der Waals surface area contributed by atoms with Gasteiger partial charge in [0.1, 0.15) is 4.75 Å². The number of thioether (sulfide) groups is 1. The van der Waals surface area contributed by atoms with E-state index in [2.05, 4.69) is 29.3 Å². The normalized spacial score (nSPS) is 26.2. The minimum atomic E-state index is -0.287. The topological polar surface area (TPSA) is 44.7 Å². The number of carbonyl (C=O) groups is 1. The van der Waals surface area contributed by atoms with Crippen LogP contribution in [0.4, 0.5) is 0 Å². The summed E-state index contributed by atoms with van der Waals surface area (Å²) in [5.41, 5.74) is 0. The van der Waals surface area contributed by atoms with Gasteiger partial charge in [0.2, 0.25) is 5.91 Å². The Labute approximate surface area is 114 Å². The summed E-state index contributed by atoms with van der Waals surface area (Å²) in [6.07, 6.45) is 6.74. The highest BCUT2D eigenvalue weighted by Crippen LogP contribution is 2.38. The molecular formula is C13H23N3OS. The molecule has 2 aliphatic rings. The highest BCUT2D eigenvalue weighted by molar-refractivity contribution is 8.16. The minimum Gasteiger partial charge on any atom is -0.303 e. The van der Waals surface area contributed by atoms with Gasteiger partial charge in [0.15, 0.2) is 5.17 Å². The standard InChI is InChI=1S/C13H23N3OS/c1-3-13(4-2)11(17)14-12(18-13)15-16-9-7-5-6-8-10-16/h3-10H2,1-2H3,(H,14,15,17). The lowest BCUT2D eigenvalue weighted by Gasteiger charge is -2.20. The molecule has 18 heavy (non-hydrogen) atoms. The lowest BCUT2D eigenvalue weighted by molar-refractivity contribution is -0.121. The van der Waals surface area contributed by atoms with E-state index in [0.29, 0.717) is 0 Å². The van der Waals surface area contributed by atoms with E-state index >= 15 is 0 Å². The number of hydrogen-bond donors (Lipinski definition) is 1. The fraction of sp³-hybridized carbons (Fsp3) is 0.846. The molecular weight excluding hydrogens is 246 g/mol. The molecule has 0 aromatic heterocycles. The first kappa shape index (κ1) is 13.7. The maximum Gasteiger partial charge on any atom is 0.242 e. The second-order valence-corrected chi connectivity index (χ2v) is 6.40. The average molecular weight is 269 g/mol. The Hall–Kier alpha value is -0.710. The second-order valence-electron chi connectivity index (χ2n) is 5.03. The Bertz CT molecular complexity index is 331. The van der Waals surface area contributed by atoms with Crippen LogP contribution in [0.25, 0.3) is 0 Å². The van der Waals surface area contributed by atoms with Crippen molar-refractivity contribution in [3.05, 3.63) is 0 Å². The average Bonchev–Trinajstić information content (AvgIpc) is 2.56. The van der Waals surface area contributed by atoms with E-state index in [4.69, 9.17) is 0 Å². The summed E-state index contributed by atoms with van der Waals surface area (Å²) in [6, 6.07) is 0. The molecule has 0 unspecified atom stereocenters. The molecule has 4 nitrogen and oxygen atoms in total. The molecule has 0 saturated carbocycles. The zero-order valence-corrected chi connectivity index (χ0v) is 12.2. The highest BCUT2D eigenvalue weighted by Gasteiger charge is 2.43. The Morgan fingerprint density at radius 1 is 1.22 bits per heavy atom. The molecule has 2 heterocycles. The SMILES string of the molecule is CCC1(CC)S/C(=N/N2CCCCCC2)NC1=O. The Morgan fingerprint density at radius 2 is 1.83 bits per heavy atom. The van der Waals surface area contributed by atoms with Crippen LogP contribution in [0.2, 0.25) is 0 Å². The van der Waals surface area contributed by atoms with E-state index < -0.39 is 0 Å². The summed E-state index contributed by atoms with van der Waals surface area (Å²) in [5, 5.41) is 10.5. The van der Waals surface area contributed by atoms with Crippen molar-refractivity contribution < 1.29 is 4.79 Å². The monoisotopic (exact) mass is 269 g/mol. The van der Waals surface area contributed by atoms with Gasteiger partial charge in [-0.1, -0.05) is 38.5 Å². The van der Waals surface area contributed by atoms with Crippen LogP contribution in [0.3, 0.4) is 0 Å². The van der Waals surface area contributed by atoms with Crippen LogP contribution in [0, 0.1) is 0 Å². The van der Waals surface area contributed by atoms with Crippen LogP contribution >= 0.6 is 11.8 Å². The quantitative estimate of drug-likeness (QED) is 0.856. The van der Waals surface area contributed by atoms with Gasteiger partial charge in [-0.05, 0) is 25.7 Å². The molecule has 1 amide bonds. The molecule has 0 bridgehead atoms. The van der Waals surface area contributed by atoms with Crippen molar-refractivity contribution in [3.8, 4) is 0 Å². The molecule has 1 N–H and O–H groups in total. The molecule has 2 saturated heterocycles. The van der Waals surface area contributed by atoms with Gasteiger partial charge in [-0.25, -0.2) is 0 Å². The van der Waals surface area contributed by atoms with Crippen molar-refractivity contribution in [1.82, 2.24) is 10.3 Å². The van der Waals surface area contributed by atoms with Crippen LogP contribution in [0.5, 0.6) is 0 Å². The van der Waals surface area contributed by atoms with Crippen LogP contribution in [-0.4, -0.2) is 33.9 Å². The van der Waals surface area contributed by atoms with Crippen LogP contribution in [0.15, 0.2) is 5.10 Å². The van der Waals surface area contributed by atoms with E-state index in [9.17, 15) is 4.79 Å². The summed E-state index contributed by atoms with van der Waals surface area (Å²) in [6.45, 7) is 6.19. The van der Waals surface area contributed by atoms with E-state index in [1.54, 1.807) is 11.8 Å². The molecule has 5 heteroatoms. The molecule has 0 spiro atoms. The minimum absolute atomic E-state index is 0.131. The predicted molar refractivity (Wildman–Crippen MR) is 76.5 cm³/mol. The molecule has 0 aliphatic carbocycles. The fourth-order valence-corrected chi connectivity index (χ4v) is 3.61. The molecule has 2 fully saturated rings. The smallest absolute Gasteiger partial charge is 0.242 e. The first-order chi connectivity index (χ1) is 8.70. The summed E-state index contributed by atoms with van der Waals surface area (Å²) in [4.78, 5) is 12.0. The third-order valence-electron chi connectivity index (χ3n) is 3.88. The van der Waals surface area contributed by atoms with Gasteiger partial charge in [0.25, 0.3) is 0 Å². The molecule has 0 aromatic rings. The predicted octanol–water partition coefficient (Wildman–Crippen LogP) is 2.56. The number of nitrogens with zero attached hydrogens (tertiary/aromatic N) is 2. The molecule has 0 aromatic carbocycles. The van der Waals surface area contributed by atoms with Crippen molar-refractivity contribution >= 4 is 22.8 Å². The van der Waals surface area contributed by atoms with E-state index in [1.165, 1.54) is 25.7 Å². The Morgan fingerprint density at radius 3 is 2.33 bits per heavy atom. The first-order valence-electron chi connectivity index (χ1n) is 7.04. The van der Waals surface area contributed by atoms with Gasteiger partial charge in [-0.3, -0.25) is 9.80 Å². The number of amides is 1. The van der Waals surface area contributed by atoms with Crippen molar-refractivity contribution in [1.29, 1.82) is 0 Å². The van der Waals surface area contributed by atoms with Crippen molar-refractivity contribution in [3.63, 3.8) is 0 Å². The van der Waals surface area contributed by atoms with Crippen molar-refractivity contribution in [2.24, 2.45) is 5.10 Å². The van der Waals surface area contributed by atoms with Crippen molar-refractivity contribution in [2.45, 2.75) is 57.1 Å². The number of nitrogens with one attached hydrogen (secondary N) is 1. The van der Waals surface area contributed by atoms with Crippen LogP contribution in [0.1, 0.15) is 52.4 Å². The number of rotatable bonds is 3. The lowest BCUT2D eigenvalue weighted by atomic mass is 10.0. The zero-order chi connectivity index (χ0) is 13.0. The highest BCUT2D eigenvalue weighted by atomic mass is 32.2. The van der Waals surface area contributed by atoms with Crippen LogP contribution < -0.4 is 5.32 Å². The third-order valence-corrected chi connectivity index (χ3v) is 5.41. The molecule has 102 valence electrons. The Kier molecular flexibility index (Phi) is 4.54. The maximum absolute atomic E-state index is 12.0. The molecule has 2 aliphatic heterocycles. The van der Waals surface area contributed by atoms with Gasteiger partial charge >= 0.3 is 0 Å². The fourth-order valence-electron chi connectivity index (χ4n) is 2.51. The summed E-state index contributed by atoms with van der Waals surface area (Å²) in [5.74, 6) is 0.131. The van der Waals surface area contributed by atoms with E-state index in [-0.39, 0.29) is 10.7 Å². The second kappa shape index (κ2) is 5.95. The van der Waals surface area contributed by atoms with Gasteiger partial charge in [0.05, 0.1) is 0 Å². The van der Waals surface area contributed by atoms with Gasteiger partial charge < -0.3 is 5.32 Å². The summed E-state index contributed by atoms with van der Waals surface area (Å²) >= 11 is 1.61. The molecule has 0 atom stereocenters. The van der Waals surface area contributed by atoms with Gasteiger partial charge in [0, 0.05) is 13.1 Å². The largest absolute Gasteiger partial charge is 0.303 e. The van der Waals surface area contributed by atoms with E-state index in [1.807, 2.05) is 0 Å². The first-order valence-corrected chi connectivity index (χ1v) is 7.86. The number of hydrazone groups is 1. The third kappa shape index (κ3) is 2.82. The number of carbonyl (C=O) groups excluding carboxylic acids is 1. The lowest BCUT2D eigenvalue weighted by Crippen LogP contribution is -2.35. The summed E-state index contributed by atoms with van der Waals surface area (Å²) in [7, 11) is 0. The van der Waals surface area contributed by atoms with Crippen molar-refractivity contribution in [2.75, 3.05) is 13.1 Å². The Balaban J connectivity index is 2.04. The molecule has 2 rings (SSSR count). The van der Waals surface area contributed by atoms with E-state index in [0.717, 1.165) is 31.1 Å².